The highest BCUT2D eigenvalue weighted by Crippen LogP contribution is 2.29. The third-order valence-electron chi connectivity index (χ3n) is 3.18. The fraction of sp³-hybridized carbons (Fsp3) is 0.500. The molecule has 1 aromatic carbocycles. The van der Waals surface area contributed by atoms with Crippen LogP contribution in [-0.2, 0) is 9.84 Å². The molecule has 0 saturated heterocycles. The summed E-state index contributed by atoms with van der Waals surface area (Å²) in [5.74, 6) is 0. The first-order valence-corrected chi connectivity index (χ1v) is 7.25. The molecule has 1 aliphatic carbocycles. The number of nitrogens with two attached hydrogens (primary N) is 1. The Hall–Kier alpha value is -1.03. The molecule has 1 fully saturated rings. The molecule has 0 radical (unpaired) electrons. The first-order valence-electron chi connectivity index (χ1n) is 5.70. The van der Waals surface area contributed by atoms with Gasteiger partial charge < -0.3 is 5.73 Å². The highest BCUT2D eigenvalue weighted by atomic mass is 32.2. The van der Waals surface area contributed by atoms with Crippen LogP contribution in [0.15, 0.2) is 29.2 Å². The van der Waals surface area contributed by atoms with E-state index in [9.17, 15) is 8.42 Å². The van der Waals surface area contributed by atoms with E-state index in [0.717, 1.165) is 32.1 Å². The summed E-state index contributed by atoms with van der Waals surface area (Å²) < 4.78 is 24.6. The van der Waals surface area contributed by atoms with Crippen LogP contribution in [0.2, 0.25) is 0 Å². The third kappa shape index (κ3) is 2.21. The zero-order chi connectivity index (χ0) is 11.6. The Bertz CT molecular complexity index is 462. The van der Waals surface area contributed by atoms with Crippen molar-refractivity contribution in [3.8, 4) is 0 Å². The predicted molar refractivity (Wildman–Crippen MR) is 64.9 cm³/mol. The molecule has 0 unspecified atom stereocenters. The molecule has 2 N–H and O–H groups in total. The van der Waals surface area contributed by atoms with Crippen LogP contribution < -0.4 is 5.73 Å². The van der Waals surface area contributed by atoms with Crippen LogP contribution in [0.1, 0.15) is 32.1 Å². The molecule has 0 aliphatic heterocycles. The Morgan fingerprint density at radius 1 is 1.12 bits per heavy atom. The van der Waals surface area contributed by atoms with Crippen molar-refractivity contribution < 1.29 is 8.42 Å². The van der Waals surface area contributed by atoms with Gasteiger partial charge >= 0.3 is 0 Å². The molecule has 16 heavy (non-hydrogen) atoms. The van der Waals surface area contributed by atoms with Crippen LogP contribution in [-0.4, -0.2) is 13.7 Å². The fourth-order valence-corrected chi connectivity index (χ4v) is 4.17. The van der Waals surface area contributed by atoms with Crippen LogP contribution in [0.5, 0.6) is 0 Å². The molecule has 2 rings (SSSR count). The van der Waals surface area contributed by atoms with Crippen LogP contribution in [0, 0.1) is 0 Å². The average Bonchev–Trinajstić information content (AvgIpc) is 2.30. The Morgan fingerprint density at radius 2 is 1.81 bits per heavy atom. The lowest BCUT2D eigenvalue weighted by Crippen LogP contribution is -2.24. The van der Waals surface area contributed by atoms with Gasteiger partial charge in [-0.05, 0) is 31.0 Å². The second-order valence-corrected chi connectivity index (χ2v) is 6.61. The number of benzene rings is 1. The molecule has 1 aliphatic rings. The lowest BCUT2D eigenvalue weighted by molar-refractivity contribution is 0.483. The van der Waals surface area contributed by atoms with E-state index in [-0.39, 0.29) is 5.25 Å². The van der Waals surface area contributed by atoms with Crippen molar-refractivity contribution in [1.82, 2.24) is 0 Å². The normalized spacial score (nSPS) is 18.5. The number of rotatable bonds is 2. The van der Waals surface area contributed by atoms with Gasteiger partial charge in [0.1, 0.15) is 0 Å². The molecule has 0 amide bonds. The predicted octanol–water partition coefficient (Wildman–Crippen LogP) is 2.38. The second kappa shape index (κ2) is 4.45. The Labute approximate surface area is 96.6 Å². The number of sulfone groups is 1. The van der Waals surface area contributed by atoms with Crippen molar-refractivity contribution in [1.29, 1.82) is 0 Å². The summed E-state index contributed by atoms with van der Waals surface area (Å²) in [5.41, 5.74) is 6.13. The molecule has 0 atom stereocenters. The topological polar surface area (TPSA) is 60.2 Å². The number of nitrogen functional groups attached to an aromatic ring is 1. The Morgan fingerprint density at radius 3 is 2.44 bits per heavy atom. The molecule has 0 bridgehead atoms. The van der Waals surface area contributed by atoms with Crippen molar-refractivity contribution in [2.24, 2.45) is 0 Å². The monoisotopic (exact) mass is 239 g/mol. The zero-order valence-corrected chi connectivity index (χ0v) is 10.0. The lowest BCUT2D eigenvalue weighted by atomic mass is 10.0. The van der Waals surface area contributed by atoms with Gasteiger partial charge in [0, 0.05) is 5.69 Å². The van der Waals surface area contributed by atoms with E-state index in [1.54, 1.807) is 24.3 Å². The van der Waals surface area contributed by atoms with Gasteiger partial charge in [-0.1, -0.05) is 25.3 Å². The summed E-state index contributed by atoms with van der Waals surface area (Å²) in [7, 11) is -3.16. The van der Waals surface area contributed by atoms with Gasteiger partial charge in [0.25, 0.3) is 0 Å². The summed E-state index contributed by atoms with van der Waals surface area (Å²) in [6, 6.07) is 6.61. The summed E-state index contributed by atoms with van der Waals surface area (Å²) in [6.07, 6.45) is 4.77. The third-order valence-corrected chi connectivity index (χ3v) is 5.44. The summed E-state index contributed by atoms with van der Waals surface area (Å²) in [6.45, 7) is 0. The molecule has 1 aromatic rings. The minimum absolute atomic E-state index is 0.206. The molecular formula is C12H17NO2S. The summed E-state index contributed by atoms with van der Waals surface area (Å²) >= 11 is 0. The van der Waals surface area contributed by atoms with Crippen molar-refractivity contribution in [3.05, 3.63) is 24.3 Å². The van der Waals surface area contributed by atoms with E-state index in [1.807, 2.05) is 0 Å². The van der Waals surface area contributed by atoms with E-state index in [4.69, 9.17) is 5.73 Å². The quantitative estimate of drug-likeness (QED) is 0.806. The van der Waals surface area contributed by atoms with Gasteiger partial charge in [0.2, 0.25) is 0 Å². The second-order valence-electron chi connectivity index (χ2n) is 4.38. The molecule has 0 aromatic heterocycles. The molecule has 88 valence electrons. The summed E-state index contributed by atoms with van der Waals surface area (Å²) in [4.78, 5) is 0.374. The Balaban J connectivity index is 2.30. The molecule has 0 spiro atoms. The van der Waals surface area contributed by atoms with Crippen molar-refractivity contribution in [3.63, 3.8) is 0 Å². The van der Waals surface area contributed by atoms with Crippen LogP contribution >= 0.6 is 0 Å². The zero-order valence-electron chi connectivity index (χ0n) is 9.22. The smallest absolute Gasteiger partial charge is 0.181 e. The minimum atomic E-state index is -3.16. The maximum Gasteiger partial charge on any atom is 0.181 e. The largest absolute Gasteiger partial charge is 0.399 e. The van der Waals surface area contributed by atoms with E-state index in [0.29, 0.717) is 10.6 Å². The van der Waals surface area contributed by atoms with E-state index in [2.05, 4.69) is 0 Å². The highest BCUT2D eigenvalue weighted by molar-refractivity contribution is 7.92. The lowest BCUT2D eigenvalue weighted by Gasteiger charge is -2.21. The van der Waals surface area contributed by atoms with Crippen molar-refractivity contribution in [2.75, 3.05) is 5.73 Å². The maximum absolute atomic E-state index is 12.3. The van der Waals surface area contributed by atoms with Gasteiger partial charge in [-0.25, -0.2) is 8.42 Å². The van der Waals surface area contributed by atoms with E-state index >= 15 is 0 Å². The minimum Gasteiger partial charge on any atom is -0.399 e. The number of hydrogen-bond donors (Lipinski definition) is 1. The first kappa shape index (κ1) is 11.5. The molecule has 1 saturated carbocycles. The van der Waals surface area contributed by atoms with Gasteiger partial charge in [-0.3, -0.25) is 0 Å². The van der Waals surface area contributed by atoms with Crippen LogP contribution in [0.4, 0.5) is 5.69 Å². The van der Waals surface area contributed by atoms with Crippen LogP contribution in [0.25, 0.3) is 0 Å². The number of anilines is 1. The Kier molecular flexibility index (Phi) is 3.19. The summed E-state index contributed by atoms with van der Waals surface area (Å²) in [5, 5.41) is -0.206. The van der Waals surface area contributed by atoms with Crippen molar-refractivity contribution >= 4 is 15.5 Å². The molecule has 4 heteroatoms. The highest BCUT2D eigenvalue weighted by Gasteiger charge is 2.28. The molecule has 0 heterocycles. The van der Waals surface area contributed by atoms with Gasteiger partial charge in [0.15, 0.2) is 9.84 Å². The SMILES string of the molecule is Nc1cccc(S(=O)(=O)C2CCCCC2)c1. The van der Waals surface area contributed by atoms with Gasteiger partial charge in [-0.2, -0.15) is 0 Å². The standard InChI is InChI=1S/C12H17NO2S/c13-10-5-4-8-12(9-10)16(14,15)11-6-2-1-3-7-11/h4-5,8-9,11H,1-3,6-7,13H2. The van der Waals surface area contributed by atoms with Gasteiger partial charge in [-0.15, -0.1) is 0 Å². The molecular weight excluding hydrogens is 222 g/mol. The maximum atomic E-state index is 12.3. The van der Waals surface area contributed by atoms with Gasteiger partial charge in [0.05, 0.1) is 10.1 Å². The fourth-order valence-electron chi connectivity index (χ4n) is 2.26. The van der Waals surface area contributed by atoms with E-state index < -0.39 is 9.84 Å². The average molecular weight is 239 g/mol. The van der Waals surface area contributed by atoms with Crippen LogP contribution in [0.3, 0.4) is 0 Å². The van der Waals surface area contributed by atoms with Crippen molar-refractivity contribution in [2.45, 2.75) is 42.2 Å². The van der Waals surface area contributed by atoms with E-state index in [1.165, 1.54) is 0 Å². The number of hydrogen-bond acceptors (Lipinski definition) is 3. The molecule has 3 nitrogen and oxygen atoms in total. The first-order chi connectivity index (χ1) is 7.60.